The number of carbonyl (C=O) groups is 1. The number of rotatable bonds is 15. The van der Waals surface area contributed by atoms with Crippen LogP contribution in [-0.2, 0) is 32.2 Å². The number of ether oxygens (including phenoxy) is 4. The first kappa shape index (κ1) is 33.2. The van der Waals surface area contributed by atoms with Gasteiger partial charge in [0.2, 0.25) is 5.91 Å². The van der Waals surface area contributed by atoms with Gasteiger partial charge < -0.3 is 39.6 Å². The monoisotopic (exact) mass is 597 g/mol. The molecular weight excluding hydrogens is 546 g/mol. The van der Waals surface area contributed by atoms with Crippen molar-refractivity contribution in [2.45, 2.75) is 77.4 Å². The minimum absolute atomic E-state index is 0.0261. The Labute approximate surface area is 257 Å². The van der Waals surface area contributed by atoms with E-state index in [1.54, 1.807) is 21.1 Å². The molecule has 0 bridgehead atoms. The van der Waals surface area contributed by atoms with Crippen molar-refractivity contribution in [3.63, 3.8) is 0 Å². The molecule has 4 atom stereocenters. The third-order valence-electron chi connectivity index (χ3n) is 8.47. The number of hydrogen-bond acceptors (Lipinski definition) is 8. The Balaban J connectivity index is 1.46. The van der Waals surface area contributed by atoms with E-state index in [0.29, 0.717) is 32.8 Å². The quantitative estimate of drug-likeness (QED) is 0.265. The average molecular weight is 598 g/mol. The highest BCUT2D eigenvalue weighted by Gasteiger charge is 2.37. The van der Waals surface area contributed by atoms with Gasteiger partial charge in [0, 0.05) is 57.8 Å². The van der Waals surface area contributed by atoms with Crippen LogP contribution in [-0.4, -0.2) is 82.9 Å². The average Bonchev–Trinajstić information content (AvgIpc) is 2.99. The fourth-order valence-electron chi connectivity index (χ4n) is 6.11. The molecule has 2 aromatic carbocycles. The number of fused-ring (bicyclic) bond motifs is 1. The number of aliphatic hydroxyl groups is 1. The van der Waals surface area contributed by atoms with Crippen molar-refractivity contribution in [3.05, 3.63) is 59.2 Å². The molecule has 1 amide bonds. The lowest BCUT2D eigenvalue weighted by atomic mass is 9.77. The van der Waals surface area contributed by atoms with E-state index in [9.17, 15) is 9.90 Å². The van der Waals surface area contributed by atoms with Crippen LogP contribution >= 0.6 is 0 Å². The van der Waals surface area contributed by atoms with Crippen molar-refractivity contribution in [1.29, 1.82) is 0 Å². The molecule has 2 aliphatic heterocycles. The number of piperidine rings is 1. The SMILES string of the molecule is COCCCN1CCOc2ccc(CO[C@H]3CN[C@H](CC(C)(C)C(=O)NCC(C)O)C[C@@H]3c3ccc(COC)cc3)cc21. The molecule has 2 aromatic rings. The maximum atomic E-state index is 12.9. The summed E-state index contributed by atoms with van der Waals surface area (Å²) in [5, 5.41) is 16.2. The molecule has 9 nitrogen and oxygen atoms in total. The molecule has 0 aromatic heterocycles. The number of anilines is 1. The molecular formula is C34H51N3O6. The van der Waals surface area contributed by atoms with E-state index in [1.807, 2.05) is 13.8 Å². The third-order valence-corrected chi connectivity index (χ3v) is 8.47. The van der Waals surface area contributed by atoms with Crippen molar-refractivity contribution in [2.24, 2.45) is 5.41 Å². The topological polar surface area (TPSA) is 102 Å². The van der Waals surface area contributed by atoms with Gasteiger partial charge in [0.05, 0.1) is 37.7 Å². The molecule has 1 fully saturated rings. The molecule has 0 saturated carbocycles. The van der Waals surface area contributed by atoms with E-state index in [1.165, 1.54) is 5.56 Å². The lowest BCUT2D eigenvalue weighted by Gasteiger charge is -2.40. The van der Waals surface area contributed by atoms with Gasteiger partial charge in [-0.2, -0.15) is 0 Å². The van der Waals surface area contributed by atoms with Crippen LogP contribution in [0.5, 0.6) is 5.75 Å². The summed E-state index contributed by atoms with van der Waals surface area (Å²) in [5.41, 5.74) is 4.03. The highest BCUT2D eigenvalue weighted by molar-refractivity contribution is 5.81. The molecule has 0 radical (unpaired) electrons. The van der Waals surface area contributed by atoms with E-state index in [0.717, 1.165) is 55.1 Å². The molecule has 4 rings (SSSR count). The highest BCUT2D eigenvalue weighted by atomic mass is 16.5. The number of nitrogens with zero attached hydrogens (tertiary/aromatic N) is 1. The molecule has 0 spiro atoms. The van der Waals surface area contributed by atoms with E-state index in [-0.39, 0.29) is 30.5 Å². The molecule has 1 saturated heterocycles. The second-order valence-corrected chi connectivity index (χ2v) is 12.6. The van der Waals surface area contributed by atoms with E-state index in [2.05, 4.69) is 58.0 Å². The van der Waals surface area contributed by atoms with Crippen LogP contribution in [0.25, 0.3) is 0 Å². The number of benzene rings is 2. The predicted octanol–water partition coefficient (Wildman–Crippen LogP) is 4.01. The minimum atomic E-state index is -0.576. The van der Waals surface area contributed by atoms with Gasteiger partial charge in [-0.05, 0) is 55.0 Å². The zero-order valence-electron chi connectivity index (χ0n) is 26.6. The van der Waals surface area contributed by atoms with Gasteiger partial charge in [0.15, 0.2) is 0 Å². The van der Waals surface area contributed by atoms with Gasteiger partial charge in [0.1, 0.15) is 12.4 Å². The first-order chi connectivity index (χ1) is 20.7. The molecule has 0 aliphatic carbocycles. The van der Waals surface area contributed by atoms with E-state index in [4.69, 9.17) is 18.9 Å². The summed E-state index contributed by atoms with van der Waals surface area (Å²) in [4.78, 5) is 15.3. The lowest BCUT2D eigenvalue weighted by Crippen LogP contribution is -2.50. The predicted molar refractivity (Wildman–Crippen MR) is 169 cm³/mol. The summed E-state index contributed by atoms with van der Waals surface area (Å²) >= 11 is 0. The number of nitrogens with one attached hydrogen (secondary N) is 2. The smallest absolute Gasteiger partial charge is 0.225 e. The highest BCUT2D eigenvalue weighted by Crippen LogP contribution is 2.36. The molecule has 2 aliphatic rings. The minimum Gasteiger partial charge on any atom is -0.490 e. The Bertz CT molecular complexity index is 1160. The number of aliphatic hydroxyl groups excluding tert-OH is 1. The Morgan fingerprint density at radius 2 is 1.91 bits per heavy atom. The van der Waals surface area contributed by atoms with Crippen molar-refractivity contribution in [1.82, 2.24) is 10.6 Å². The standard InChI is InChI=1S/C34H51N3O6/c1-24(38)20-36-33(39)34(2,3)19-28-18-29(27-10-7-25(8-11-27)22-41-5)32(21-35-28)43-23-26-9-12-31-30(17-26)37(14-16-42-31)13-6-15-40-4/h7-12,17,24,28-29,32,35,38H,6,13-16,18-23H2,1-5H3,(H,36,39)/t24?,28-,29+,32-/m0/s1. The van der Waals surface area contributed by atoms with E-state index >= 15 is 0 Å². The van der Waals surface area contributed by atoms with E-state index < -0.39 is 11.5 Å². The van der Waals surface area contributed by atoms with Gasteiger partial charge in [-0.3, -0.25) is 4.79 Å². The molecule has 2 heterocycles. The Kier molecular flexibility index (Phi) is 12.2. The molecule has 238 valence electrons. The maximum absolute atomic E-state index is 12.9. The summed E-state index contributed by atoms with van der Waals surface area (Å²) < 4.78 is 23.2. The van der Waals surface area contributed by atoms with Crippen LogP contribution in [0.4, 0.5) is 5.69 Å². The molecule has 1 unspecified atom stereocenters. The Morgan fingerprint density at radius 1 is 1.14 bits per heavy atom. The van der Waals surface area contributed by atoms with Crippen molar-refractivity contribution in [3.8, 4) is 5.75 Å². The Morgan fingerprint density at radius 3 is 2.63 bits per heavy atom. The maximum Gasteiger partial charge on any atom is 0.225 e. The molecule has 43 heavy (non-hydrogen) atoms. The second-order valence-electron chi connectivity index (χ2n) is 12.6. The zero-order valence-corrected chi connectivity index (χ0v) is 26.6. The summed E-state index contributed by atoms with van der Waals surface area (Å²) in [5.74, 6) is 1.05. The number of carbonyl (C=O) groups excluding carboxylic acids is 1. The fourth-order valence-corrected chi connectivity index (χ4v) is 6.11. The fraction of sp³-hybridized carbons (Fsp3) is 0.618. The van der Waals surface area contributed by atoms with Gasteiger partial charge in [-0.15, -0.1) is 0 Å². The second kappa shape index (κ2) is 15.9. The van der Waals surface area contributed by atoms with Crippen LogP contribution in [0.2, 0.25) is 0 Å². The third kappa shape index (κ3) is 9.40. The number of methoxy groups -OCH3 is 2. The van der Waals surface area contributed by atoms with Gasteiger partial charge in [0.25, 0.3) is 0 Å². The molecule has 3 N–H and O–H groups in total. The zero-order chi connectivity index (χ0) is 30.8. The van der Waals surface area contributed by atoms with Gasteiger partial charge in [-0.25, -0.2) is 0 Å². The normalized spacial score (nSPS) is 21.2. The van der Waals surface area contributed by atoms with Gasteiger partial charge in [-0.1, -0.05) is 44.2 Å². The number of hydrogen-bond donors (Lipinski definition) is 3. The first-order valence-corrected chi connectivity index (χ1v) is 15.6. The van der Waals surface area contributed by atoms with Crippen LogP contribution in [0.1, 0.15) is 62.6 Å². The first-order valence-electron chi connectivity index (χ1n) is 15.6. The summed E-state index contributed by atoms with van der Waals surface area (Å²) in [6.07, 6.45) is 1.91. The number of amides is 1. The lowest BCUT2D eigenvalue weighted by molar-refractivity contribution is -0.130. The van der Waals surface area contributed by atoms with Crippen LogP contribution in [0.3, 0.4) is 0 Å². The van der Waals surface area contributed by atoms with Crippen LogP contribution in [0, 0.1) is 5.41 Å². The molecule has 9 heteroatoms. The van der Waals surface area contributed by atoms with Crippen LogP contribution < -0.4 is 20.3 Å². The summed E-state index contributed by atoms with van der Waals surface area (Å²) in [6.45, 7) is 10.9. The van der Waals surface area contributed by atoms with Crippen molar-refractivity contribution >= 4 is 11.6 Å². The summed E-state index contributed by atoms with van der Waals surface area (Å²) in [7, 11) is 3.45. The van der Waals surface area contributed by atoms with Crippen LogP contribution in [0.15, 0.2) is 42.5 Å². The Hall–Kier alpha value is -2.69. The largest absolute Gasteiger partial charge is 0.490 e. The van der Waals surface area contributed by atoms with Crippen molar-refractivity contribution in [2.75, 3.05) is 58.5 Å². The van der Waals surface area contributed by atoms with Gasteiger partial charge >= 0.3 is 0 Å². The van der Waals surface area contributed by atoms with Crippen molar-refractivity contribution < 1.29 is 28.8 Å². The summed E-state index contributed by atoms with van der Waals surface area (Å²) in [6, 6.07) is 15.1.